The van der Waals surface area contributed by atoms with E-state index >= 15 is 0 Å². The Morgan fingerprint density at radius 2 is 2.11 bits per heavy atom. The molecule has 9 heavy (non-hydrogen) atoms. The third kappa shape index (κ3) is 1.55. The molecule has 1 aromatic rings. The lowest BCUT2D eigenvalue weighted by Gasteiger charge is -1.99. The molecule has 0 unspecified atom stereocenters. The molecule has 0 spiro atoms. The molecule has 1 aromatic carbocycles. The largest absolute Gasteiger partial charge is 0.0716 e. The van der Waals surface area contributed by atoms with Gasteiger partial charge in [-0.1, -0.05) is 17.3 Å². The molecule has 0 aliphatic heterocycles. The van der Waals surface area contributed by atoms with Crippen molar-refractivity contribution in [2.45, 2.75) is 6.92 Å². The van der Waals surface area contributed by atoms with Crippen LogP contribution in [0.2, 0.25) is 0 Å². The fourth-order valence-electron chi connectivity index (χ4n) is 0.607. The van der Waals surface area contributed by atoms with Gasteiger partial charge in [-0.2, -0.15) is 0 Å². The lowest BCUT2D eigenvalue weighted by molar-refractivity contribution is 1.47. The van der Waals surface area contributed by atoms with Gasteiger partial charge in [0.2, 0.25) is 0 Å². The Kier molecular flexibility index (Phi) is 2.29. The van der Waals surface area contributed by atoms with Crippen molar-refractivity contribution in [3.63, 3.8) is 0 Å². The van der Waals surface area contributed by atoms with Crippen molar-refractivity contribution in [2.24, 2.45) is 0 Å². The van der Waals surface area contributed by atoms with Gasteiger partial charge in [-0.25, -0.2) is 0 Å². The molecule has 0 heterocycles. The summed E-state index contributed by atoms with van der Waals surface area (Å²) >= 11 is 2.32. The van der Waals surface area contributed by atoms with Gasteiger partial charge in [0, 0.05) is 3.57 Å². The molecule has 2 heteroatoms. The molecule has 0 saturated heterocycles. The van der Waals surface area contributed by atoms with Gasteiger partial charge >= 0.3 is 0 Å². The zero-order chi connectivity index (χ0) is 6.85. The Labute approximate surface area is 72.2 Å². The Morgan fingerprint density at radius 1 is 1.44 bits per heavy atom. The van der Waals surface area contributed by atoms with Crippen LogP contribution in [0.3, 0.4) is 0 Å². The van der Waals surface area contributed by atoms with Crippen LogP contribution in [-0.2, 0) is 0 Å². The number of rotatable bonds is 0. The third-order valence-electron chi connectivity index (χ3n) is 1.27. The first-order chi connectivity index (χ1) is 4.22. The number of benzene rings is 1. The van der Waals surface area contributed by atoms with E-state index in [2.05, 4.69) is 45.8 Å². The Morgan fingerprint density at radius 3 is 2.56 bits per heavy atom. The summed E-state index contributed by atoms with van der Waals surface area (Å²) in [6.45, 7) is 2.10. The van der Waals surface area contributed by atoms with Gasteiger partial charge < -0.3 is 0 Å². The predicted octanol–water partition coefficient (Wildman–Crippen LogP) is 1.39. The third-order valence-corrected chi connectivity index (χ3v) is 2.98. The highest BCUT2D eigenvalue weighted by molar-refractivity contribution is 14.1. The highest BCUT2D eigenvalue weighted by atomic mass is 127. The lowest BCUT2D eigenvalue weighted by atomic mass is 10.2. The summed E-state index contributed by atoms with van der Waals surface area (Å²) in [5.74, 6) is 0. The molecule has 0 amide bonds. The summed E-state index contributed by atoms with van der Waals surface area (Å²) in [5.41, 5.74) is 1.31. The molecule has 0 atom stereocenters. The number of halogens is 1. The van der Waals surface area contributed by atoms with Crippen molar-refractivity contribution >= 4 is 38.0 Å². The van der Waals surface area contributed by atoms with Gasteiger partial charge in [-0.3, -0.25) is 0 Å². The maximum absolute atomic E-state index is 3.49. The van der Waals surface area contributed by atoms with E-state index in [0.717, 1.165) is 0 Å². The summed E-state index contributed by atoms with van der Waals surface area (Å²) in [6.07, 6.45) is 0. The zero-order valence-corrected chi connectivity index (χ0v) is 8.27. The molecule has 0 nitrogen and oxygen atoms in total. The SMILES string of the molecule is Cc1c([Si])cccc1I. The van der Waals surface area contributed by atoms with Crippen molar-refractivity contribution in [2.75, 3.05) is 0 Å². The van der Waals surface area contributed by atoms with Gasteiger partial charge in [0.1, 0.15) is 0 Å². The van der Waals surface area contributed by atoms with Crippen LogP contribution in [0, 0.1) is 10.5 Å². The van der Waals surface area contributed by atoms with E-state index in [1.807, 2.05) is 12.1 Å². The summed E-state index contributed by atoms with van der Waals surface area (Å²) in [5, 5.41) is 1.18. The molecule has 0 aliphatic carbocycles. The van der Waals surface area contributed by atoms with Crippen molar-refractivity contribution in [3.8, 4) is 0 Å². The second-order valence-electron chi connectivity index (χ2n) is 1.91. The highest BCUT2D eigenvalue weighted by Gasteiger charge is 1.93. The monoisotopic (exact) mass is 245 g/mol. The summed E-state index contributed by atoms with van der Waals surface area (Å²) in [6, 6.07) is 6.19. The van der Waals surface area contributed by atoms with Crippen LogP contribution in [-0.4, -0.2) is 10.2 Å². The number of hydrogen-bond acceptors (Lipinski definition) is 0. The zero-order valence-electron chi connectivity index (χ0n) is 5.11. The van der Waals surface area contributed by atoms with Crippen molar-refractivity contribution in [1.29, 1.82) is 0 Å². The molecule has 45 valence electrons. The average Bonchev–Trinajstić information content (AvgIpc) is 1.83. The molecule has 3 radical (unpaired) electrons. The topological polar surface area (TPSA) is 0 Å². The van der Waals surface area contributed by atoms with Crippen molar-refractivity contribution < 1.29 is 0 Å². The van der Waals surface area contributed by atoms with Crippen molar-refractivity contribution in [3.05, 3.63) is 27.3 Å². The van der Waals surface area contributed by atoms with Gasteiger partial charge in [0.05, 0.1) is 10.2 Å². The van der Waals surface area contributed by atoms with Gasteiger partial charge in [0.25, 0.3) is 0 Å². The van der Waals surface area contributed by atoms with E-state index in [9.17, 15) is 0 Å². The molecule has 0 aromatic heterocycles. The maximum atomic E-state index is 3.49. The Balaban J connectivity index is 3.25. The van der Waals surface area contributed by atoms with E-state index in [-0.39, 0.29) is 0 Å². The molecule has 0 bridgehead atoms. The smallest absolute Gasteiger partial charge is 0.0635 e. The lowest BCUT2D eigenvalue weighted by Crippen LogP contribution is -2.07. The summed E-state index contributed by atoms with van der Waals surface area (Å²) in [7, 11) is 3.49. The molecule has 0 N–H and O–H groups in total. The van der Waals surface area contributed by atoms with Crippen LogP contribution < -0.4 is 5.19 Å². The number of hydrogen-bond donors (Lipinski definition) is 0. The fourth-order valence-corrected chi connectivity index (χ4v) is 1.59. The standard InChI is InChI=1S/C7H6ISi/c1-5-6(8)3-2-4-7(5)9/h2-4H,1H3. The van der Waals surface area contributed by atoms with E-state index in [1.54, 1.807) is 0 Å². The normalized spacial score (nSPS) is 9.67. The first-order valence-corrected chi connectivity index (χ1v) is 4.26. The first-order valence-electron chi connectivity index (χ1n) is 2.68. The Bertz CT molecular complexity index is 200. The highest BCUT2D eigenvalue weighted by Crippen LogP contribution is 2.06. The van der Waals surface area contributed by atoms with E-state index < -0.39 is 0 Å². The molecular weight excluding hydrogens is 239 g/mol. The van der Waals surface area contributed by atoms with Crippen LogP contribution in [0.1, 0.15) is 5.56 Å². The van der Waals surface area contributed by atoms with Gasteiger partial charge in [-0.05, 0) is 41.1 Å². The second kappa shape index (κ2) is 2.83. The molecule has 0 saturated carbocycles. The van der Waals surface area contributed by atoms with Crippen LogP contribution in [0.25, 0.3) is 0 Å². The van der Waals surface area contributed by atoms with Crippen LogP contribution >= 0.6 is 22.6 Å². The Hall–Kier alpha value is 0.167. The summed E-state index contributed by atoms with van der Waals surface area (Å²) in [4.78, 5) is 0. The second-order valence-corrected chi connectivity index (χ2v) is 3.61. The van der Waals surface area contributed by atoms with Crippen LogP contribution in [0.15, 0.2) is 18.2 Å². The first kappa shape index (κ1) is 7.28. The predicted molar refractivity (Wildman–Crippen MR) is 49.3 cm³/mol. The molecule has 0 aliphatic rings. The minimum absolute atomic E-state index is 1.18. The van der Waals surface area contributed by atoms with E-state index in [1.165, 1.54) is 14.3 Å². The van der Waals surface area contributed by atoms with E-state index in [4.69, 9.17) is 0 Å². The fraction of sp³-hybridized carbons (Fsp3) is 0.143. The quantitative estimate of drug-likeness (QED) is 0.478. The molecule has 0 fully saturated rings. The average molecular weight is 245 g/mol. The van der Waals surface area contributed by atoms with Crippen molar-refractivity contribution in [1.82, 2.24) is 0 Å². The summed E-state index contributed by atoms with van der Waals surface area (Å²) < 4.78 is 1.31. The molecular formula is C7H6ISi. The minimum atomic E-state index is 1.18. The van der Waals surface area contributed by atoms with E-state index in [0.29, 0.717) is 0 Å². The van der Waals surface area contributed by atoms with Crippen LogP contribution in [0.5, 0.6) is 0 Å². The van der Waals surface area contributed by atoms with Gasteiger partial charge in [0.15, 0.2) is 0 Å². The van der Waals surface area contributed by atoms with Gasteiger partial charge in [-0.15, -0.1) is 0 Å². The molecule has 1 rings (SSSR count). The van der Waals surface area contributed by atoms with Crippen LogP contribution in [0.4, 0.5) is 0 Å². The minimum Gasteiger partial charge on any atom is -0.0635 e. The maximum Gasteiger partial charge on any atom is 0.0716 e.